The highest BCUT2D eigenvalue weighted by molar-refractivity contribution is 9.10. The Bertz CT molecular complexity index is 578. The van der Waals surface area contributed by atoms with Gasteiger partial charge in [0, 0.05) is 22.7 Å². The Morgan fingerprint density at radius 1 is 1.40 bits per heavy atom. The van der Waals surface area contributed by atoms with Gasteiger partial charge in [-0.15, -0.1) is 0 Å². The van der Waals surface area contributed by atoms with Gasteiger partial charge in [-0.1, -0.05) is 22.0 Å². The van der Waals surface area contributed by atoms with E-state index >= 15 is 0 Å². The first-order chi connectivity index (χ1) is 9.65. The molecule has 1 aromatic carbocycles. The molecule has 1 heterocycles. The topological polar surface area (TPSA) is 23.5 Å². The smallest absolute Gasteiger partial charge is 0.0772 e. The van der Waals surface area contributed by atoms with Crippen molar-refractivity contribution < 1.29 is 5.11 Å². The number of halogens is 1. The average molecular weight is 352 g/mol. The van der Waals surface area contributed by atoms with Crippen LogP contribution in [0.15, 0.2) is 39.5 Å². The minimum Gasteiger partial charge on any atom is -0.389 e. The summed E-state index contributed by atoms with van der Waals surface area (Å²) in [5.74, 6) is 0. The van der Waals surface area contributed by atoms with E-state index < -0.39 is 6.10 Å². The lowest BCUT2D eigenvalue weighted by atomic mass is 10.1. The van der Waals surface area contributed by atoms with Crippen molar-refractivity contribution in [2.45, 2.75) is 38.5 Å². The second-order valence-corrected chi connectivity index (χ2v) is 7.01. The van der Waals surface area contributed by atoms with Crippen LogP contribution in [0.2, 0.25) is 0 Å². The Morgan fingerprint density at radius 2 is 2.20 bits per heavy atom. The number of thiophene rings is 1. The quantitative estimate of drug-likeness (QED) is 0.841. The van der Waals surface area contributed by atoms with Gasteiger partial charge < -0.3 is 10.0 Å². The molecular weight excluding hydrogens is 334 g/mol. The summed E-state index contributed by atoms with van der Waals surface area (Å²) in [7, 11) is 0. The van der Waals surface area contributed by atoms with Crippen LogP contribution in [-0.4, -0.2) is 11.1 Å². The number of hydrogen-bond acceptors (Lipinski definition) is 3. The summed E-state index contributed by atoms with van der Waals surface area (Å²) in [5.41, 5.74) is 3.55. The van der Waals surface area contributed by atoms with Gasteiger partial charge in [0.15, 0.2) is 0 Å². The third kappa shape index (κ3) is 3.08. The second-order valence-electron chi connectivity index (χ2n) is 5.37. The molecule has 1 unspecified atom stereocenters. The van der Waals surface area contributed by atoms with Crippen LogP contribution in [0.4, 0.5) is 5.69 Å². The summed E-state index contributed by atoms with van der Waals surface area (Å²) in [6.07, 6.45) is 2.12. The average Bonchev–Trinajstić information content (AvgIpc) is 3.12. The van der Waals surface area contributed by atoms with E-state index in [9.17, 15) is 5.11 Å². The van der Waals surface area contributed by atoms with Crippen LogP contribution in [0.1, 0.15) is 37.0 Å². The zero-order chi connectivity index (χ0) is 14.1. The van der Waals surface area contributed by atoms with Crippen LogP contribution in [0.25, 0.3) is 0 Å². The van der Waals surface area contributed by atoms with Crippen molar-refractivity contribution >= 4 is 33.0 Å². The molecule has 1 fully saturated rings. The van der Waals surface area contributed by atoms with E-state index in [-0.39, 0.29) is 0 Å². The third-order valence-corrected chi connectivity index (χ3v) is 5.11. The SMILES string of the molecule is CC(O)c1ccc(N(Cc2ccsc2)C2CC2)cc1Br. The van der Waals surface area contributed by atoms with Gasteiger partial charge in [0.25, 0.3) is 0 Å². The molecule has 4 heteroatoms. The Hall–Kier alpha value is -0.840. The molecule has 20 heavy (non-hydrogen) atoms. The van der Waals surface area contributed by atoms with Gasteiger partial charge in [-0.05, 0) is 59.9 Å². The van der Waals surface area contributed by atoms with Crippen LogP contribution < -0.4 is 4.90 Å². The lowest BCUT2D eigenvalue weighted by molar-refractivity contribution is 0.198. The van der Waals surface area contributed by atoms with Gasteiger partial charge in [-0.2, -0.15) is 11.3 Å². The van der Waals surface area contributed by atoms with Gasteiger partial charge in [-0.3, -0.25) is 0 Å². The standard InChI is InChI=1S/C16H18BrNOS/c1-11(19)15-5-4-14(8-16(15)17)18(13-2-3-13)9-12-6-7-20-10-12/h4-8,10-11,13,19H,2-3,9H2,1H3. The summed E-state index contributed by atoms with van der Waals surface area (Å²) in [5, 5.41) is 14.1. The van der Waals surface area contributed by atoms with Crippen molar-refractivity contribution in [2.24, 2.45) is 0 Å². The van der Waals surface area contributed by atoms with E-state index in [1.165, 1.54) is 24.1 Å². The molecule has 0 aliphatic heterocycles. The number of anilines is 1. The minimum atomic E-state index is -0.440. The van der Waals surface area contributed by atoms with Crippen molar-refractivity contribution in [1.82, 2.24) is 0 Å². The highest BCUT2D eigenvalue weighted by Crippen LogP contribution is 2.36. The molecule has 2 aromatic rings. The number of rotatable bonds is 5. The van der Waals surface area contributed by atoms with E-state index in [0.717, 1.165) is 16.6 Å². The lowest BCUT2D eigenvalue weighted by Gasteiger charge is -2.25. The van der Waals surface area contributed by atoms with E-state index in [0.29, 0.717) is 6.04 Å². The first-order valence-electron chi connectivity index (χ1n) is 6.90. The Kier molecular flexibility index (Phi) is 4.15. The van der Waals surface area contributed by atoms with Gasteiger partial charge >= 0.3 is 0 Å². The zero-order valence-electron chi connectivity index (χ0n) is 11.4. The molecule has 0 bridgehead atoms. The molecule has 3 rings (SSSR count). The van der Waals surface area contributed by atoms with Gasteiger partial charge in [0.1, 0.15) is 0 Å². The molecule has 1 saturated carbocycles. The molecule has 2 nitrogen and oxygen atoms in total. The molecule has 1 aliphatic carbocycles. The van der Waals surface area contributed by atoms with Gasteiger partial charge in [0.2, 0.25) is 0 Å². The first kappa shape index (κ1) is 14.1. The summed E-state index contributed by atoms with van der Waals surface area (Å²) < 4.78 is 0.987. The van der Waals surface area contributed by atoms with E-state index in [1.807, 2.05) is 6.07 Å². The fraction of sp³-hybridized carbons (Fsp3) is 0.375. The summed E-state index contributed by atoms with van der Waals surface area (Å²) in [6, 6.07) is 9.13. The minimum absolute atomic E-state index is 0.440. The maximum absolute atomic E-state index is 9.72. The first-order valence-corrected chi connectivity index (χ1v) is 8.64. The molecule has 0 radical (unpaired) electrons. The predicted octanol–water partition coefficient (Wildman–Crippen LogP) is 4.73. The number of nitrogens with zero attached hydrogens (tertiary/aromatic N) is 1. The number of benzene rings is 1. The van der Waals surface area contributed by atoms with Crippen LogP contribution in [-0.2, 0) is 6.54 Å². The van der Waals surface area contributed by atoms with E-state index in [1.54, 1.807) is 18.3 Å². The van der Waals surface area contributed by atoms with Crippen LogP contribution in [0, 0.1) is 0 Å². The predicted molar refractivity (Wildman–Crippen MR) is 88.3 cm³/mol. The summed E-state index contributed by atoms with van der Waals surface area (Å²) in [6.45, 7) is 2.76. The zero-order valence-corrected chi connectivity index (χ0v) is 13.8. The highest BCUT2D eigenvalue weighted by atomic mass is 79.9. The van der Waals surface area contributed by atoms with Crippen molar-refractivity contribution in [1.29, 1.82) is 0 Å². The number of hydrogen-bond donors (Lipinski definition) is 1. The summed E-state index contributed by atoms with van der Waals surface area (Å²) in [4.78, 5) is 2.47. The molecule has 106 valence electrons. The van der Waals surface area contributed by atoms with Crippen LogP contribution in [0.5, 0.6) is 0 Å². The van der Waals surface area contributed by atoms with Crippen molar-refractivity contribution in [3.05, 3.63) is 50.6 Å². The highest BCUT2D eigenvalue weighted by Gasteiger charge is 2.29. The van der Waals surface area contributed by atoms with Crippen molar-refractivity contribution in [3.63, 3.8) is 0 Å². The number of aliphatic hydroxyl groups excluding tert-OH is 1. The maximum atomic E-state index is 9.72. The summed E-state index contributed by atoms with van der Waals surface area (Å²) >= 11 is 5.33. The van der Waals surface area contributed by atoms with Crippen molar-refractivity contribution in [2.75, 3.05) is 4.90 Å². The monoisotopic (exact) mass is 351 g/mol. The van der Waals surface area contributed by atoms with Gasteiger partial charge in [0.05, 0.1) is 6.10 Å². The molecule has 1 aliphatic rings. The van der Waals surface area contributed by atoms with E-state index in [2.05, 4.69) is 49.8 Å². The van der Waals surface area contributed by atoms with Gasteiger partial charge in [-0.25, -0.2) is 0 Å². The normalized spacial score (nSPS) is 16.1. The van der Waals surface area contributed by atoms with Crippen molar-refractivity contribution in [3.8, 4) is 0 Å². The Balaban J connectivity index is 1.86. The maximum Gasteiger partial charge on any atom is 0.0772 e. The largest absolute Gasteiger partial charge is 0.389 e. The molecule has 1 atom stereocenters. The molecule has 1 aromatic heterocycles. The molecule has 0 amide bonds. The molecular formula is C16H18BrNOS. The second kappa shape index (κ2) is 5.88. The molecule has 1 N–H and O–H groups in total. The fourth-order valence-electron chi connectivity index (χ4n) is 2.43. The Morgan fingerprint density at radius 3 is 2.75 bits per heavy atom. The Labute approximate surface area is 132 Å². The fourth-order valence-corrected chi connectivity index (χ4v) is 3.79. The molecule has 0 saturated heterocycles. The molecule has 0 spiro atoms. The number of aliphatic hydroxyl groups is 1. The third-order valence-electron chi connectivity index (χ3n) is 3.69. The lowest BCUT2D eigenvalue weighted by Crippen LogP contribution is -2.24. The van der Waals surface area contributed by atoms with Crippen LogP contribution in [0.3, 0.4) is 0 Å². The van der Waals surface area contributed by atoms with E-state index in [4.69, 9.17) is 0 Å². The van der Waals surface area contributed by atoms with Crippen LogP contribution >= 0.6 is 27.3 Å².